The van der Waals surface area contributed by atoms with E-state index >= 15 is 0 Å². The topological polar surface area (TPSA) is 48.7 Å². The minimum absolute atomic E-state index is 0.187. The van der Waals surface area contributed by atoms with Gasteiger partial charge >= 0.3 is 5.97 Å². The van der Waals surface area contributed by atoms with Crippen LogP contribution in [-0.4, -0.2) is 13.1 Å². The molecule has 28 heavy (non-hydrogen) atoms. The van der Waals surface area contributed by atoms with Gasteiger partial charge in [0.25, 0.3) is 0 Å². The second kappa shape index (κ2) is 7.90. The molecule has 2 aromatic carbocycles. The molecule has 0 amide bonds. The highest BCUT2D eigenvalue weighted by atomic mass is 32.1. The van der Waals surface area contributed by atoms with Gasteiger partial charge in [-0.3, -0.25) is 4.79 Å². The molecule has 0 saturated heterocycles. The maximum atomic E-state index is 11.6. The normalized spacial score (nSPS) is 10.9. The highest BCUT2D eigenvalue weighted by Crippen LogP contribution is 2.34. The largest absolute Gasteiger partial charge is 0.489 e. The first kappa shape index (κ1) is 18.3. The fourth-order valence-corrected chi connectivity index (χ4v) is 3.91. The minimum Gasteiger partial charge on any atom is -0.489 e. The minimum atomic E-state index is -0.286. The first-order valence-electron chi connectivity index (χ1n) is 8.97. The fourth-order valence-electron chi connectivity index (χ4n) is 3.21. The summed E-state index contributed by atoms with van der Waals surface area (Å²) in [5.74, 6) is 0.402. The van der Waals surface area contributed by atoms with Crippen LogP contribution in [0.15, 0.2) is 64.6 Å². The van der Waals surface area contributed by atoms with E-state index in [0.29, 0.717) is 12.4 Å². The Morgan fingerprint density at radius 1 is 1.14 bits per heavy atom. The molecule has 0 unspecified atom stereocenters. The number of para-hydroxylation sites is 1. The van der Waals surface area contributed by atoms with Gasteiger partial charge < -0.3 is 13.9 Å². The Bertz CT molecular complexity index is 1120. The molecule has 0 bridgehead atoms. The smallest absolute Gasteiger partial charge is 0.310 e. The number of carbonyl (C=O) groups excluding carboxylic acids is 1. The third-order valence-electron chi connectivity index (χ3n) is 4.58. The summed E-state index contributed by atoms with van der Waals surface area (Å²) < 4.78 is 16.5. The predicted octanol–water partition coefficient (Wildman–Crippen LogP) is 5.76. The first-order valence-corrected chi connectivity index (χ1v) is 9.85. The summed E-state index contributed by atoms with van der Waals surface area (Å²) in [6.45, 7) is 2.49. The molecule has 0 fully saturated rings. The molecule has 4 rings (SSSR count). The fraction of sp³-hybridized carbons (Fsp3) is 0.174. The van der Waals surface area contributed by atoms with Crippen molar-refractivity contribution in [2.45, 2.75) is 20.0 Å². The lowest BCUT2D eigenvalue weighted by molar-refractivity contribution is -0.139. The molecular formula is C23H20O4S. The molecular weight excluding hydrogens is 372 g/mol. The summed E-state index contributed by atoms with van der Waals surface area (Å²) >= 11 is 1.72. The van der Waals surface area contributed by atoms with Crippen LogP contribution in [0.2, 0.25) is 0 Å². The summed E-state index contributed by atoms with van der Waals surface area (Å²) in [6, 6.07) is 15.9. The van der Waals surface area contributed by atoms with E-state index in [4.69, 9.17) is 13.9 Å². The highest BCUT2D eigenvalue weighted by molar-refractivity contribution is 7.10. The number of benzene rings is 2. The second-order valence-electron chi connectivity index (χ2n) is 6.58. The quantitative estimate of drug-likeness (QED) is 0.391. The van der Waals surface area contributed by atoms with Crippen molar-refractivity contribution in [3.8, 4) is 16.9 Å². The zero-order valence-corrected chi connectivity index (χ0v) is 16.5. The summed E-state index contributed by atoms with van der Waals surface area (Å²) in [5, 5.41) is 3.19. The van der Waals surface area contributed by atoms with Crippen molar-refractivity contribution in [2.24, 2.45) is 0 Å². The molecule has 0 N–H and O–H groups in total. The van der Waals surface area contributed by atoms with Crippen LogP contribution in [0.5, 0.6) is 5.75 Å². The average molecular weight is 392 g/mol. The van der Waals surface area contributed by atoms with Gasteiger partial charge in [-0.2, -0.15) is 0 Å². The van der Waals surface area contributed by atoms with E-state index in [-0.39, 0.29) is 12.4 Å². The van der Waals surface area contributed by atoms with E-state index < -0.39 is 0 Å². The van der Waals surface area contributed by atoms with E-state index in [1.54, 1.807) is 17.6 Å². The van der Waals surface area contributed by atoms with Crippen molar-refractivity contribution >= 4 is 28.3 Å². The summed E-state index contributed by atoms with van der Waals surface area (Å²) in [6.07, 6.45) is 1.90. The average Bonchev–Trinajstić information content (AvgIpc) is 3.35. The zero-order chi connectivity index (χ0) is 19.5. The summed E-state index contributed by atoms with van der Waals surface area (Å²) in [7, 11) is 1.39. The van der Waals surface area contributed by atoms with Gasteiger partial charge in [-0.05, 0) is 53.8 Å². The van der Waals surface area contributed by atoms with Crippen molar-refractivity contribution in [2.75, 3.05) is 7.11 Å². The van der Waals surface area contributed by atoms with Gasteiger partial charge in [-0.15, -0.1) is 11.3 Å². The van der Waals surface area contributed by atoms with E-state index in [9.17, 15) is 4.79 Å². The molecule has 0 atom stereocenters. The van der Waals surface area contributed by atoms with Crippen LogP contribution in [0.4, 0.5) is 0 Å². The van der Waals surface area contributed by atoms with Gasteiger partial charge in [-0.1, -0.05) is 18.2 Å². The highest BCUT2D eigenvalue weighted by Gasteiger charge is 2.13. The first-order chi connectivity index (χ1) is 13.6. The summed E-state index contributed by atoms with van der Waals surface area (Å²) in [4.78, 5) is 12.9. The Kier molecular flexibility index (Phi) is 5.17. The lowest BCUT2D eigenvalue weighted by atomic mass is 10.0. The number of rotatable bonds is 6. The lowest BCUT2D eigenvalue weighted by Crippen LogP contribution is -2.06. The molecule has 5 heteroatoms. The molecule has 0 aliphatic carbocycles. The molecule has 0 spiro atoms. The monoisotopic (exact) mass is 392 g/mol. The molecule has 2 heterocycles. The van der Waals surface area contributed by atoms with Crippen LogP contribution < -0.4 is 4.74 Å². The van der Waals surface area contributed by atoms with Crippen molar-refractivity contribution < 1.29 is 18.7 Å². The maximum Gasteiger partial charge on any atom is 0.310 e. The predicted molar refractivity (Wildman–Crippen MR) is 111 cm³/mol. The Labute approximate surface area is 167 Å². The third kappa shape index (κ3) is 3.80. The number of esters is 1. The Balaban J connectivity index is 1.62. The molecule has 4 aromatic rings. The Morgan fingerprint density at radius 2 is 2.00 bits per heavy atom. The van der Waals surface area contributed by atoms with E-state index in [0.717, 1.165) is 33.2 Å². The molecule has 0 radical (unpaired) electrons. The second-order valence-corrected chi connectivity index (χ2v) is 7.69. The Hall–Kier alpha value is -3.05. The van der Waals surface area contributed by atoms with E-state index in [1.807, 2.05) is 30.3 Å². The third-order valence-corrected chi connectivity index (χ3v) is 5.44. The van der Waals surface area contributed by atoms with E-state index in [2.05, 4.69) is 30.5 Å². The van der Waals surface area contributed by atoms with Crippen LogP contribution in [0.25, 0.3) is 22.1 Å². The molecule has 142 valence electrons. The maximum absolute atomic E-state index is 11.6. The number of fused-ring (bicyclic) bond motifs is 1. The molecule has 0 saturated carbocycles. The van der Waals surface area contributed by atoms with Gasteiger partial charge in [0.05, 0.1) is 19.8 Å². The standard InChI is InChI=1S/C23H20O4S/c1-15-9-19(14-28-15)20-11-16(10-18-7-8-26-23(18)20)13-27-21-6-4-3-5-17(21)12-22(24)25-2/h3-11,14H,12-13H2,1-2H3. The molecule has 0 aliphatic rings. The van der Waals surface area contributed by atoms with Gasteiger partial charge in [0.15, 0.2) is 0 Å². The van der Waals surface area contributed by atoms with Crippen LogP contribution in [0, 0.1) is 6.92 Å². The SMILES string of the molecule is COC(=O)Cc1ccccc1OCc1cc(-c2csc(C)c2)c2occc2c1. The molecule has 0 aliphatic heterocycles. The number of hydrogen-bond donors (Lipinski definition) is 0. The van der Waals surface area contributed by atoms with Gasteiger partial charge in [0, 0.05) is 21.4 Å². The number of aryl methyl sites for hydroxylation is 1. The van der Waals surface area contributed by atoms with Gasteiger partial charge in [0.1, 0.15) is 17.9 Å². The van der Waals surface area contributed by atoms with Gasteiger partial charge in [-0.25, -0.2) is 0 Å². The summed E-state index contributed by atoms with van der Waals surface area (Å²) in [5.41, 5.74) is 4.95. The number of furan rings is 1. The van der Waals surface area contributed by atoms with Crippen LogP contribution in [0.1, 0.15) is 16.0 Å². The van der Waals surface area contributed by atoms with Crippen LogP contribution in [0.3, 0.4) is 0 Å². The number of carbonyl (C=O) groups is 1. The number of methoxy groups -OCH3 is 1. The molecule has 4 nitrogen and oxygen atoms in total. The Morgan fingerprint density at radius 3 is 2.79 bits per heavy atom. The number of thiophene rings is 1. The van der Waals surface area contributed by atoms with Gasteiger partial charge in [0.2, 0.25) is 0 Å². The lowest BCUT2D eigenvalue weighted by Gasteiger charge is -2.12. The van der Waals surface area contributed by atoms with E-state index in [1.165, 1.54) is 12.0 Å². The van der Waals surface area contributed by atoms with Crippen molar-refractivity contribution in [1.29, 1.82) is 0 Å². The zero-order valence-electron chi connectivity index (χ0n) is 15.7. The van der Waals surface area contributed by atoms with Crippen LogP contribution >= 0.6 is 11.3 Å². The van der Waals surface area contributed by atoms with Crippen LogP contribution in [-0.2, 0) is 22.6 Å². The van der Waals surface area contributed by atoms with Crippen molar-refractivity contribution in [3.63, 3.8) is 0 Å². The van der Waals surface area contributed by atoms with Crippen molar-refractivity contribution in [3.05, 3.63) is 76.2 Å². The molecule has 2 aromatic heterocycles. The van der Waals surface area contributed by atoms with Crippen molar-refractivity contribution in [1.82, 2.24) is 0 Å². The number of hydrogen-bond acceptors (Lipinski definition) is 5. The number of ether oxygens (including phenoxy) is 2.